The van der Waals surface area contributed by atoms with Crippen LogP contribution in [0.15, 0.2) is 29.4 Å². The normalized spacial score (nSPS) is 10.8. The molecule has 0 amide bonds. The number of esters is 1. The van der Waals surface area contributed by atoms with Crippen molar-refractivity contribution >= 4 is 28.7 Å². The van der Waals surface area contributed by atoms with Crippen LogP contribution in [-0.2, 0) is 4.74 Å². The van der Waals surface area contributed by atoms with Crippen LogP contribution < -0.4 is 10.2 Å². The van der Waals surface area contributed by atoms with Gasteiger partial charge in [-0.3, -0.25) is 5.43 Å². The van der Waals surface area contributed by atoms with E-state index in [4.69, 9.17) is 9.47 Å². The summed E-state index contributed by atoms with van der Waals surface area (Å²) in [4.78, 5) is 16.5. The van der Waals surface area contributed by atoms with Crippen molar-refractivity contribution in [2.24, 2.45) is 5.10 Å². The maximum atomic E-state index is 11.8. The van der Waals surface area contributed by atoms with Gasteiger partial charge < -0.3 is 9.47 Å². The number of aromatic nitrogens is 1. The summed E-state index contributed by atoms with van der Waals surface area (Å²) in [7, 11) is 0. The van der Waals surface area contributed by atoms with Gasteiger partial charge in [0.2, 0.25) is 5.13 Å². The number of ether oxygens (including phenoxy) is 2. The number of rotatable bonds is 8. The number of benzene rings is 1. The Morgan fingerprint density at radius 3 is 3.00 bits per heavy atom. The minimum absolute atomic E-state index is 0.341. The summed E-state index contributed by atoms with van der Waals surface area (Å²) >= 11 is 1.22. The molecule has 0 atom stereocenters. The highest BCUT2D eigenvalue weighted by atomic mass is 32.1. The Labute approximate surface area is 145 Å². The summed E-state index contributed by atoms with van der Waals surface area (Å²) in [5, 5.41) is 4.70. The summed E-state index contributed by atoms with van der Waals surface area (Å²) in [6.45, 7) is 6.64. The molecule has 2 rings (SSSR count). The Hall–Kier alpha value is -2.41. The minimum Gasteiger partial charge on any atom is -0.494 e. The number of hydrazone groups is 1. The maximum absolute atomic E-state index is 11.8. The average Bonchev–Trinajstić information content (AvgIpc) is 2.94. The van der Waals surface area contributed by atoms with E-state index in [0.717, 1.165) is 17.7 Å². The van der Waals surface area contributed by atoms with Gasteiger partial charge in [-0.2, -0.15) is 5.10 Å². The first-order chi connectivity index (χ1) is 11.6. The van der Waals surface area contributed by atoms with Crippen LogP contribution >= 0.6 is 11.3 Å². The maximum Gasteiger partial charge on any atom is 0.350 e. The van der Waals surface area contributed by atoms with Crippen LogP contribution in [0.3, 0.4) is 0 Å². The Bertz CT molecular complexity index is 713. The Morgan fingerprint density at radius 1 is 1.42 bits per heavy atom. The summed E-state index contributed by atoms with van der Waals surface area (Å²) in [6.07, 6.45) is 2.64. The Morgan fingerprint density at radius 2 is 2.25 bits per heavy atom. The van der Waals surface area contributed by atoms with Crippen LogP contribution in [0, 0.1) is 6.92 Å². The van der Waals surface area contributed by atoms with Gasteiger partial charge in [0.25, 0.3) is 0 Å². The Balaban J connectivity index is 1.99. The van der Waals surface area contributed by atoms with Crippen LogP contribution in [0.5, 0.6) is 5.75 Å². The second-order valence-corrected chi connectivity index (χ2v) is 5.94. The van der Waals surface area contributed by atoms with Crippen LogP contribution in [0.1, 0.15) is 41.2 Å². The van der Waals surface area contributed by atoms with Gasteiger partial charge in [0, 0.05) is 0 Å². The molecule has 6 nitrogen and oxygen atoms in total. The second kappa shape index (κ2) is 9.02. The average molecular weight is 347 g/mol. The fraction of sp³-hybridized carbons (Fsp3) is 0.353. The number of aryl methyl sites for hydroxylation is 1. The molecule has 0 bridgehead atoms. The zero-order valence-electron chi connectivity index (χ0n) is 14.0. The summed E-state index contributed by atoms with van der Waals surface area (Å²) in [6, 6.07) is 7.67. The zero-order chi connectivity index (χ0) is 17.4. The van der Waals surface area contributed by atoms with Crippen molar-refractivity contribution in [2.75, 3.05) is 18.6 Å². The lowest BCUT2D eigenvalue weighted by Crippen LogP contribution is -2.03. The van der Waals surface area contributed by atoms with Gasteiger partial charge in [-0.15, -0.1) is 0 Å². The molecule has 1 heterocycles. The molecule has 0 aliphatic heterocycles. The van der Waals surface area contributed by atoms with E-state index < -0.39 is 0 Å². The standard InChI is InChI=1S/C17H21N3O3S/c1-4-9-23-14-8-6-7-13(10-14)11-18-20-17-19-12(3)15(24-17)16(21)22-5-2/h6-8,10-11H,4-5,9H2,1-3H3,(H,19,20)/b18-11-. The topological polar surface area (TPSA) is 72.8 Å². The van der Waals surface area contributed by atoms with Gasteiger partial charge in [-0.05, 0) is 38.0 Å². The van der Waals surface area contributed by atoms with E-state index in [0.29, 0.717) is 28.9 Å². The van der Waals surface area contributed by atoms with Gasteiger partial charge in [-0.1, -0.05) is 30.4 Å². The predicted octanol–water partition coefficient (Wildman–Crippen LogP) is 3.86. The first-order valence-electron chi connectivity index (χ1n) is 7.80. The van der Waals surface area contributed by atoms with Crippen molar-refractivity contribution in [1.82, 2.24) is 4.98 Å². The zero-order valence-corrected chi connectivity index (χ0v) is 14.9. The van der Waals surface area contributed by atoms with Crippen molar-refractivity contribution in [3.63, 3.8) is 0 Å². The molecule has 0 saturated carbocycles. The third-order valence-electron chi connectivity index (χ3n) is 2.96. The number of nitrogens with zero attached hydrogens (tertiary/aromatic N) is 2. The lowest BCUT2D eigenvalue weighted by Gasteiger charge is -2.04. The molecule has 0 saturated heterocycles. The number of anilines is 1. The van der Waals surface area contributed by atoms with Crippen molar-refractivity contribution < 1.29 is 14.3 Å². The summed E-state index contributed by atoms with van der Waals surface area (Å²) in [5.74, 6) is 0.459. The molecule has 128 valence electrons. The molecule has 1 aromatic carbocycles. The second-order valence-electron chi connectivity index (χ2n) is 4.94. The smallest absolute Gasteiger partial charge is 0.350 e. The number of hydrogen-bond acceptors (Lipinski definition) is 7. The van der Waals surface area contributed by atoms with Gasteiger partial charge in [0.05, 0.1) is 25.1 Å². The molecule has 1 aromatic heterocycles. The van der Waals surface area contributed by atoms with E-state index in [1.807, 2.05) is 24.3 Å². The number of hydrogen-bond donors (Lipinski definition) is 1. The molecule has 24 heavy (non-hydrogen) atoms. The molecular formula is C17H21N3O3S. The van der Waals surface area contributed by atoms with Gasteiger partial charge >= 0.3 is 5.97 Å². The van der Waals surface area contributed by atoms with E-state index in [1.165, 1.54) is 11.3 Å². The molecule has 0 aliphatic rings. The van der Waals surface area contributed by atoms with E-state index in [2.05, 4.69) is 22.4 Å². The van der Waals surface area contributed by atoms with Crippen LogP contribution in [0.4, 0.5) is 5.13 Å². The van der Waals surface area contributed by atoms with Crippen molar-refractivity contribution in [1.29, 1.82) is 0 Å². The SMILES string of the molecule is CCCOc1cccc(/C=N\Nc2nc(C)c(C(=O)OCC)s2)c1. The molecule has 2 aromatic rings. The molecule has 7 heteroatoms. The van der Waals surface area contributed by atoms with Crippen molar-refractivity contribution in [3.05, 3.63) is 40.4 Å². The lowest BCUT2D eigenvalue weighted by atomic mass is 10.2. The molecule has 0 unspecified atom stereocenters. The van der Waals surface area contributed by atoms with Crippen LogP contribution in [-0.4, -0.2) is 30.4 Å². The van der Waals surface area contributed by atoms with E-state index >= 15 is 0 Å². The highest BCUT2D eigenvalue weighted by molar-refractivity contribution is 7.17. The molecule has 0 fully saturated rings. The monoisotopic (exact) mass is 347 g/mol. The fourth-order valence-corrected chi connectivity index (χ4v) is 2.71. The Kier molecular flexibility index (Phi) is 6.74. The van der Waals surface area contributed by atoms with Crippen molar-refractivity contribution in [3.8, 4) is 5.75 Å². The first-order valence-corrected chi connectivity index (χ1v) is 8.62. The molecule has 1 N–H and O–H groups in total. The predicted molar refractivity (Wildman–Crippen MR) is 96.3 cm³/mol. The van der Waals surface area contributed by atoms with Crippen LogP contribution in [0.25, 0.3) is 0 Å². The number of nitrogens with one attached hydrogen (secondary N) is 1. The van der Waals surface area contributed by atoms with E-state index in [1.54, 1.807) is 20.1 Å². The summed E-state index contributed by atoms with van der Waals surface area (Å²) in [5.41, 5.74) is 4.38. The number of carbonyl (C=O) groups excluding carboxylic acids is 1. The summed E-state index contributed by atoms with van der Waals surface area (Å²) < 4.78 is 10.6. The third-order valence-corrected chi connectivity index (χ3v) is 4.00. The van der Waals surface area contributed by atoms with Crippen molar-refractivity contribution in [2.45, 2.75) is 27.2 Å². The molecule has 0 spiro atoms. The molecule has 0 aliphatic carbocycles. The van der Waals surface area contributed by atoms with E-state index in [-0.39, 0.29) is 5.97 Å². The van der Waals surface area contributed by atoms with E-state index in [9.17, 15) is 4.79 Å². The quantitative estimate of drug-likeness (QED) is 0.446. The lowest BCUT2D eigenvalue weighted by molar-refractivity contribution is 0.0531. The molecular weight excluding hydrogens is 326 g/mol. The number of thiazole rings is 1. The van der Waals surface area contributed by atoms with Crippen LogP contribution in [0.2, 0.25) is 0 Å². The van der Waals surface area contributed by atoms with Gasteiger partial charge in [0.1, 0.15) is 10.6 Å². The third kappa shape index (κ3) is 5.06. The first kappa shape index (κ1) is 17.9. The fourth-order valence-electron chi connectivity index (χ4n) is 1.90. The largest absolute Gasteiger partial charge is 0.494 e. The van der Waals surface area contributed by atoms with Gasteiger partial charge in [-0.25, -0.2) is 9.78 Å². The van der Waals surface area contributed by atoms with Gasteiger partial charge in [0.15, 0.2) is 0 Å². The highest BCUT2D eigenvalue weighted by Crippen LogP contribution is 2.23. The highest BCUT2D eigenvalue weighted by Gasteiger charge is 2.15. The number of carbonyl (C=O) groups is 1. The molecule has 0 radical (unpaired) electrons. The minimum atomic E-state index is -0.356.